The predicted octanol–water partition coefficient (Wildman–Crippen LogP) is 5.86. The van der Waals surface area contributed by atoms with Gasteiger partial charge in [0.1, 0.15) is 0 Å². The van der Waals surface area contributed by atoms with Crippen LogP contribution in [0.5, 0.6) is 0 Å². The van der Waals surface area contributed by atoms with Gasteiger partial charge in [-0.3, -0.25) is 4.79 Å². The van der Waals surface area contributed by atoms with Gasteiger partial charge in [0, 0.05) is 34.1 Å². The maximum Gasteiger partial charge on any atom is 0.251 e. The molecular weight excluding hydrogens is 427 g/mol. The van der Waals surface area contributed by atoms with Crippen molar-refractivity contribution in [2.75, 3.05) is 6.54 Å². The number of aromatic amines is 1. The van der Waals surface area contributed by atoms with Crippen LogP contribution in [-0.4, -0.2) is 17.6 Å². The van der Waals surface area contributed by atoms with Crippen LogP contribution < -0.4 is 10.9 Å². The van der Waals surface area contributed by atoms with Crippen LogP contribution >= 0.6 is 24.0 Å². The maximum absolute atomic E-state index is 12.5. The number of hydrogen-bond acceptors (Lipinski definition) is 2. The summed E-state index contributed by atoms with van der Waals surface area (Å²) >= 11 is 6.03. The van der Waals surface area contributed by atoms with E-state index in [-0.39, 0.29) is 18.0 Å². The third kappa shape index (κ3) is 4.74. The average molecular weight is 455 g/mol. The first-order valence-corrected chi connectivity index (χ1v) is 11.4. The zero-order valence-corrected chi connectivity index (χ0v) is 19.1. The summed E-state index contributed by atoms with van der Waals surface area (Å²) in [6, 6.07) is 15.2. The van der Waals surface area contributed by atoms with Gasteiger partial charge in [-0.1, -0.05) is 41.9 Å². The molecular formula is C26H28Cl2N2O. The standard InChI is InChI=1S/C26H27ClN2O.ClH/c27-20-9-7-18(8-10-20)19-13-14-28-21(16-19)11-5-17-6-12-23-22-3-1-2-4-24(22)26(30)29-25(23)15-17;/h6-10,12-13,15,21,28H,1-5,11,14,16H2,(H,29,30);1H. The zero-order chi connectivity index (χ0) is 20.5. The first-order valence-electron chi connectivity index (χ1n) is 11.0. The van der Waals surface area contributed by atoms with Gasteiger partial charge in [0.05, 0.1) is 0 Å². The third-order valence-electron chi connectivity index (χ3n) is 6.62. The molecule has 1 aliphatic heterocycles. The lowest BCUT2D eigenvalue weighted by Gasteiger charge is -2.25. The Kier molecular flexibility index (Phi) is 6.86. The van der Waals surface area contributed by atoms with Gasteiger partial charge in [-0.05, 0) is 85.4 Å². The zero-order valence-electron chi connectivity index (χ0n) is 17.5. The lowest BCUT2D eigenvalue weighted by atomic mass is 9.89. The smallest absolute Gasteiger partial charge is 0.251 e. The normalized spacial score (nSPS) is 18.2. The summed E-state index contributed by atoms with van der Waals surface area (Å²) in [6.07, 6.45) is 9.64. The summed E-state index contributed by atoms with van der Waals surface area (Å²) in [6.45, 7) is 0.903. The number of aromatic nitrogens is 1. The molecule has 3 nitrogen and oxygen atoms in total. The topological polar surface area (TPSA) is 44.9 Å². The SMILES string of the molecule is Cl.O=c1[nH]c2cc(CCC3CC(c4ccc(Cl)cc4)=CCN3)ccc2c2c1CCCC2. The van der Waals surface area contributed by atoms with Gasteiger partial charge in [-0.25, -0.2) is 0 Å². The van der Waals surface area contributed by atoms with Crippen LogP contribution in [-0.2, 0) is 19.3 Å². The van der Waals surface area contributed by atoms with Crippen molar-refractivity contribution < 1.29 is 0 Å². The van der Waals surface area contributed by atoms with Crippen molar-refractivity contribution in [3.63, 3.8) is 0 Å². The number of fused-ring (bicyclic) bond motifs is 3. The highest BCUT2D eigenvalue weighted by atomic mass is 35.5. The summed E-state index contributed by atoms with van der Waals surface area (Å²) in [5.74, 6) is 0. The van der Waals surface area contributed by atoms with E-state index in [4.69, 9.17) is 11.6 Å². The van der Waals surface area contributed by atoms with E-state index in [1.165, 1.54) is 34.1 Å². The van der Waals surface area contributed by atoms with E-state index in [2.05, 4.69) is 46.7 Å². The Morgan fingerprint density at radius 3 is 2.58 bits per heavy atom. The summed E-state index contributed by atoms with van der Waals surface area (Å²) in [4.78, 5) is 15.6. The minimum Gasteiger partial charge on any atom is -0.322 e. The molecule has 1 aromatic heterocycles. The number of benzene rings is 2. The predicted molar refractivity (Wildman–Crippen MR) is 133 cm³/mol. The molecule has 0 saturated heterocycles. The highest BCUT2D eigenvalue weighted by molar-refractivity contribution is 6.30. The largest absolute Gasteiger partial charge is 0.322 e. The van der Waals surface area contributed by atoms with Crippen LogP contribution in [0.15, 0.2) is 53.3 Å². The van der Waals surface area contributed by atoms with Crippen molar-refractivity contribution in [3.8, 4) is 0 Å². The van der Waals surface area contributed by atoms with E-state index < -0.39 is 0 Å². The molecule has 0 fully saturated rings. The van der Waals surface area contributed by atoms with E-state index in [9.17, 15) is 4.79 Å². The molecule has 3 aromatic rings. The minimum atomic E-state index is 0. The highest BCUT2D eigenvalue weighted by Crippen LogP contribution is 2.28. The van der Waals surface area contributed by atoms with Crippen LogP contribution in [0.4, 0.5) is 0 Å². The van der Waals surface area contributed by atoms with E-state index in [0.29, 0.717) is 6.04 Å². The van der Waals surface area contributed by atoms with E-state index >= 15 is 0 Å². The number of nitrogens with one attached hydrogen (secondary N) is 2. The summed E-state index contributed by atoms with van der Waals surface area (Å²) in [7, 11) is 0. The van der Waals surface area contributed by atoms with Gasteiger partial charge < -0.3 is 10.3 Å². The fourth-order valence-electron chi connectivity index (χ4n) is 4.98. The lowest BCUT2D eigenvalue weighted by Crippen LogP contribution is -2.33. The Morgan fingerprint density at radius 1 is 1.00 bits per heavy atom. The van der Waals surface area contributed by atoms with Crippen molar-refractivity contribution in [1.82, 2.24) is 10.3 Å². The number of halogens is 2. The van der Waals surface area contributed by atoms with E-state index in [1.54, 1.807) is 0 Å². The Bertz CT molecular complexity index is 1160. The molecule has 2 aromatic carbocycles. The molecule has 31 heavy (non-hydrogen) atoms. The van der Waals surface area contributed by atoms with Gasteiger partial charge in [-0.2, -0.15) is 0 Å². The monoisotopic (exact) mass is 454 g/mol. The first-order chi connectivity index (χ1) is 14.7. The molecule has 0 bridgehead atoms. The Morgan fingerprint density at radius 2 is 1.77 bits per heavy atom. The second kappa shape index (κ2) is 9.60. The fraction of sp³-hybridized carbons (Fsp3) is 0.346. The fourth-order valence-corrected chi connectivity index (χ4v) is 5.10. The van der Waals surface area contributed by atoms with Gasteiger partial charge in [0.15, 0.2) is 0 Å². The molecule has 2 heterocycles. The molecule has 2 N–H and O–H groups in total. The molecule has 0 radical (unpaired) electrons. The van der Waals surface area contributed by atoms with Crippen LogP contribution in [0.25, 0.3) is 16.5 Å². The molecule has 162 valence electrons. The van der Waals surface area contributed by atoms with Gasteiger partial charge in [0.2, 0.25) is 0 Å². The van der Waals surface area contributed by atoms with E-state index in [0.717, 1.165) is 61.2 Å². The lowest BCUT2D eigenvalue weighted by molar-refractivity contribution is 0.501. The maximum atomic E-state index is 12.5. The van der Waals surface area contributed by atoms with Crippen molar-refractivity contribution in [3.05, 3.63) is 86.2 Å². The molecule has 1 atom stereocenters. The second-order valence-corrected chi connectivity index (χ2v) is 9.02. The number of hydrogen-bond donors (Lipinski definition) is 2. The molecule has 2 aliphatic rings. The molecule has 0 saturated carbocycles. The molecule has 1 unspecified atom stereocenters. The highest BCUT2D eigenvalue weighted by Gasteiger charge is 2.18. The molecule has 5 rings (SSSR count). The van der Waals surface area contributed by atoms with Crippen LogP contribution in [0.1, 0.15) is 47.9 Å². The van der Waals surface area contributed by atoms with Gasteiger partial charge in [0.25, 0.3) is 5.56 Å². The number of pyridine rings is 1. The van der Waals surface area contributed by atoms with Crippen LogP contribution in [0.3, 0.4) is 0 Å². The van der Waals surface area contributed by atoms with Gasteiger partial charge in [-0.15, -0.1) is 12.4 Å². The third-order valence-corrected chi connectivity index (χ3v) is 6.87. The number of aryl methyl sites for hydroxylation is 2. The van der Waals surface area contributed by atoms with E-state index in [1.807, 2.05) is 12.1 Å². The number of H-pyrrole nitrogens is 1. The Balaban J connectivity index is 0.00000231. The molecule has 1 aliphatic carbocycles. The van der Waals surface area contributed by atoms with Gasteiger partial charge >= 0.3 is 0 Å². The summed E-state index contributed by atoms with van der Waals surface area (Å²) in [5, 5.41) is 5.64. The first kappa shape index (κ1) is 22.1. The molecule has 5 heteroatoms. The van der Waals surface area contributed by atoms with Crippen molar-refractivity contribution in [1.29, 1.82) is 0 Å². The van der Waals surface area contributed by atoms with Crippen molar-refractivity contribution in [2.45, 2.75) is 51.0 Å². The quantitative estimate of drug-likeness (QED) is 0.518. The van der Waals surface area contributed by atoms with Crippen LogP contribution in [0.2, 0.25) is 5.02 Å². The average Bonchev–Trinajstić information content (AvgIpc) is 2.78. The summed E-state index contributed by atoms with van der Waals surface area (Å²) < 4.78 is 0. The van der Waals surface area contributed by atoms with Crippen LogP contribution in [0, 0.1) is 0 Å². The number of rotatable bonds is 4. The second-order valence-electron chi connectivity index (χ2n) is 8.58. The van der Waals surface area contributed by atoms with Crippen molar-refractivity contribution >= 4 is 40.5 Å². The minimum absolute atomic E-state index is 0. The van der Waals surface area contributed by atoms with Crippen molar-refractivity contribution in [2.24, 2.45) is 0 Å². The molecule has 0 amide bonds. The Labute approximate surface area is 194 Å². The Hall–Kier alpha value is -2.07. The summed E-state index contributed by atoms with van der Waals surface area (Å²) in [5.41, 5.74) is 7.34. The molecule has 0 spiro atoms.